The Morgan fingerprint density at radius 2 is 2.00 bits per heavy atom. The monoisotopic (exact) mass is 257 g/mol. The van der Waals surface area contributed by atoms with E-state index in [-0.39, 0.29) is 6.10 Å². The van der Waals surface area contributed by atoms with E-state index in [1.54, 1.807) is 0 Å². The Kier molecular flexibility index (Phi) is 3.17. The maximum absolute atomic E-state index is 9.86. The van der Waals surface area contributed by atoms with Gasteiger partial charge in [-0.25, -0.2) is 0 Å². The third-order valence-corrected chi connectivity index (χ3v) is 4.40. The molecule has 0 aromatic heterocycles. The Balaban J connectivity index is 1.97. The van der Waals surface area contributed by atoms with Gasteiger partial charge < -0.3 is 15.7 Å². The van der Waals surface area contributed by atoms with Crippen molar-refractivity contribution in [2.45, 2.75) is 50.4 Å². The molecule has 0 saturated carbocycles. The van der Waals surface area contributed by atoms with E-state index in [2.05, 4.69) is 11.0 Å². The van der Waals surface area contributed by atoms with E-state index in [4.69, 9.17) is 5.73 Å². The fourth-order valence-corrected chi connectivity index (χ4v) is 3.57. The number of hydrogen-bond acceptors (Lipinski definition) is 4. The minimum Gasteiger partial charge on any atom is -0.393 e. The maximum Gasteiger partial charge on any atom is 0.101 e. The number of nitrogens with zero attached hydrogens (tertiary/aromatic N) is 2. The molecule has 2 fully saturated rings. The van der Waals surface area contributed by atoms with Crippen molar-refractivity contribution in [1.82, 2.24) is 0 Å². The van der Waals surface area contributed by atoms with Gasteiger partial charge in [-0.3, -0.25) is 0 Å². The van der Waals surface area contributed by atoms with Gasteiger partial charge in [0.25, 0.3) is 0 Å². The van der Waals surface area contributed by atoms with Crippen LogP contribution >= 0.6 is 0 Å². The van der Waals surface area contributed by atoms with Gasteiger partial charge in [-0.1, -0.05) is 6.07 Å². The minimum atomic E-state index is -0.178. The summed E-state index contributed by atoms with van der Waals surface area (Å²) in [5.41, 5.74) is 8.34. The summed E-state index contributed by atoms with van der Waals surface area (Å²) in [5.74, 6) is 0. The summed E-state index contributed by atoms with van der Waals surface area (Å²) in [6.45, 7) is 0.459. The summed E-state index contributed by atoms with van der Waals surface area (Å²) < 4.78 is 0. The highest BCUT2D eigenvalue weighted by atomic mass is 16.3. The van der Waals surface area contributed by atoms with Gasteiger partial charge in [0.15, 0.2) is 0 Å². The lowest BCUT2D eigenvalue weighted by Crippen LogP contribution is -2.45. The number of benzene rings is 1. The predicted octanol–water partition coefficient (Wildman–Crippen LogP) is 1.51. The highest BCUT2D eigenvalue weighted by Gasteiger charge is 2.40. The van der Waals surface area contributed by atoms with Crippen molar-refractivity contribution < 1.29 is 5.11 Å². The van der Waals surface area contributed by atoms with E-state index in [1.807, 2.05) is 18.2 Å². The number of nitriles is 1. The quantitative estimate of drug-likeness (QED) is 0.842. The predicted molar refractivity (Wildman–Crippen MR) is 73.6 cm³/mol. The number of rotatable bonds is 2. The number of aliphatic hydroxyl groups excluding tert-OH is 1. The van der Waals surface area contributed by atoms with E-state index >= 15 is 0 Å². The topological polar surface area (TPSA) is 73.3 Å². The normalized spacial score (nSPS) is 29.3. The Bertz CT molecular complexity index is 509. The zero-order valence-electron chi connectivity index (χ0n) is 10.9. The highest BCUT2D eigenvalue weighted by Crippen LogP contribution is 2.40. The molecule has 0 radical (unpaired) electrons. The molecule has 4 nitrogen and oxygen atoms in total. The molecule has 19 heavy (non-hydrogen) atoms. The van der Waals surface area contributed by atoms with Crippen molar-refractivity contribution in [3.05, 3.63) is 29.3 Å². The molecule has 100 valence electrons. The fraction of sp³-hybridized carbons (Fsp3) is 0.533. The SMILES string of the molecule is N#Cc1cc(CN)ccc1N1C2CCC1CC(O)C2. The molecule has 3 rings (SSSR count). The molecule has 2 aliphatic rings. The Morgan fingerprint density at radius 3 is 2.58 bits per heavy atom. The molecular weight excluding hydrogens is 238 g/mol. The molecule has 0 aliphatic carbocycles. The zero-order chi connectivity index (χ0) is 13.4. The smallest absolute Gasteiger partial charge is 0.101 e. The van der Waals surface area contributed by atoms with Crippen LogP contribution in [0.25, 0.3) is 0 Å². The standard InChI is InChI=1S/C15H19N3O/c16-8-10-1-4-15(11(5-10)9-17)18-12-2-3-13(18)7-14(19)6-12/h1,4-5,12-14,19H,2-3,6-8,16H2. The molecule has 2 atom stereocenters. The molecule has 2 unspecified atom stereocenters. The summed E-state index contributed by atoms with van der Waals surface area (Å²) in [5, 5.41) is 19.2. The van der Waals surface area contributed by atoms with Crippen LogP contribution in [-0.2, 0) is 6.54 Å². The molecule has 1 aromatic carbocycles. The second kappa shape index (κ2) is 4.84. The van der Waals surface area contributed by atoms with Gasteiger partial charge in [0.2, 0.25) is 0 Å². The van der Waals surface area contributed by atoms with Crippen LogP contribution in [0.1, 0.15) is 36.8 Å². The van der Waals surface area contributed by atoms with Crippen LogP contribution in [-0.4, -0.2) is 23.3 Å². The lowest BCUT2D eigenvalue weighted by molar-refractivity contribution is 0.126. The number of piperidine rings is 1. The lowest BCUT2D eigenvalue weighted by atomic mass is 9.97. The summed E-state index contributed by atoms with van der Waals surface area (Å²) in [4.78, 5) is 2.35. The van der Waals surface area contributed by atoms with Crippen LogP contribution in [0.2, 0.25) is 0 Å². The molecule has 0 amide bonds. The minimum absolute atomic E-state index is 0.178. The third-order valence-electron chi connectivity index (χ3n) is 4.40. The van der Waals surface area contributed by atoms with Crippen molar-refractivity contribution in [3.63, 3.8) is 0 Å². The van der Waals surface area contributed by atoms with E-state index in [1.165, 1.54) is 0 Å². The number of fused-ring (bicyclic) bond motifs is 2. The number of aliphatic hydroxyl groups is 1. The van der Waals surface area contributed by atoms with E-state index in [0.717, 1.165) is 36.9 Å². The van der Waals surface area contributed by atoms with Crippen LogP contribution in [0.4, 0.5) is 5.69 Å². The van der Waals surface area contributed by atoms with Crippen LogP contribution in [0, 0.1) is 11.3 Å². The van der Waals surface area contributed by atoms with E-state index in [9.17, 15) is 10.4 Å². The van der Waals surface area contributed by atoms with Gasteiger partial charge in [0.1, 0.15) is 6.07 Å². The molecular formula is C15H19N3O. The first-order valence-corrected chi connectivity index (χ1v) is 6.92. The molecule has 4 heteroatoms. The Morgan fingerprint density at radius 1 is 1.32 bits per heavy atom. The molecule has 2 saturated heterocycles. The fourth-order valence-electron chi connectivity index (χ4n) is 3.57. The lowest BCUT2D eigenvalue weighted by Gasteiger charge is -2.39. The molecule has 3 N–H and O–H groups in total. The molecule has 1 aromatic rings. The number of nitrogens with two attached hydrogens (primary N) is 1. The molecule has 2 aliphatic heterocycles. The van der Waals surface area contributed by atoms with Crippen LogP contribution in [0.3, 0.4) is 0 Å². The van der Waals surface area contributed by atoms with Crippen molar-refractivity contribution in [2.24, 2.45) is 5.73 Å². The second-order valence-corrected chi connectivity index (χ2v) is 5.58. The van der Waals surface area contributed by atoms with E-state index in [0.29, 0.717) is 24.2 Å². The van der Waals surface area contributed by atoms with Gasteiger partial charge in [0.05, 0.1) is 17.4 Å². The average molecular weight is 257 g/mol. The number of anilines is 1. The molecule has 2 bridgehead atoms. The summed E-state index contributed by atoms with van der Waals surface area (Å²) >= 11 is 0. The number of hydrogen-bond donors (Lipinski definition) is 2. The van der Waals surface area contributed by atoms with Gasteiger partial charge in [-0.2, -0.15) is 5.26 Å². The summed E-state index contributed by atoms with van der Waals surface area (Å²) in [7, 11) is 0. The first kappa shape index (κ1) is 12.5. The van der Waals surface area contributed by atoms with Crippen molar-refractivity contribution in [1.29, 1.82) is 5.26 Å². The summed E-state index contributed by atoms with van der Waals surface area (Å²) in [6.07, 6.45) is 3.69. The van der Waals surface area contributed by atoms with Gasteiger partial charge in [0, 0.05) is 18.6 Å². The third kappa shape index (κ3) is 2.09. The van der Waals surface area contributed by atoms with Crippen molar-refractivity contribution in [3.8, 4) is 6.07 Å². The first-order chi connectivity index (χ1) is 9.22. The summed E-state index contributed by atoms with van der Waals surface area (Å²) in [6, 6.07) is 8.95. The zero-order valence-corrected chi connectivity index (χ0v) is 10.9. The van der Waals surface area contributed by atoms with Crippen LogP contribution < -0.4 is 10.6 Å². The molecule has 2 heterocycles. The van der Waals surface area contributed by atoms with Gasteiger partial charge >= 0.3 is 0 Å². The Hall–Kier alpha value is -1.57. The first-order valence-electron chi connectivity index (χ1n) is 6.92. The Labute approximate surface area is 113 Å². The van der Waals surface area contributed by atoms with Crippen LogP contribution in [0.5, 0.6) is 0 Å². The maximum atomic E-state index is 9.86. The van der Waals surface area contributed by atoms with Crippen molar-refractivity contribution in [2.75, 3.05) is 4.90 Å². The van der Waals surface area contributed by atoms with Gasteiger partial charge in [-0.05, 0) is 43.4 Å². The van der Waals surface area contributed by atoms with E-state index < -0.39 is 0 Å². The van der Waals surface area contributed by atoms with Crippen LogP contribution in [0.15, 0.2) is 18.2 Å². The largest absolute Gasteiger partial charge is 0.393 e. The highest BCUT2D eigenvalue weighted by molar-refractivity contribution is 5.62. The average Bonchev–Trinajstić information content (AvgIpc) is 2.69. The molecule has 0 spiro atoms. The van der Waals surface area contributed by atoms with Crippen molar-refractivity contribution >= 4 is 5.69 Å². The second-order valence-electron chi connectivity index (χ2n) is 5.58. The van der Waals surface area contributed by atoms with Gasteiger partial charge in [-0.15, -0.1) is 0 Å².